The standard InChI is InChI=1S/C17H17NO3/c1-2-20-17(19)9-8-15-10-16(12-18-11-15)21-13-14-6-4-3-5-7-14/h3-12H,2,13H2,1H3/b9-8+. The highest BCUT2D eigenvalue weighted by Gasteiger charge is 1.99. The largest absolute Gasteiger partial charge is 0.487 e. The van der Waals surface area contributed by atoms with E-state index < -0.39 is 0 Å². The van der Waals surface area contributed by atoms with Gasteiger partial charge in [0.2, 0.25) is 0 Å². The third-order valence-corrected chi connectivity index (χ3v) is 2.68. The van der Waals surface area contributed by atoms with Crippen LogP contribution in [-0.4, -0.2) is 17.6 Å². The van der Waals surface area contributed by atoms with Crippen molar-refractivity contribution in [2.24, 2.45) is 0 Å². The molecule has 0 bridgehead atoms. The van der Waals surface area contributed by atoms with Gasteiger partial charge in [0.25, 0.3) is 0 Å². The van der Waals surface area contributed by atoms with Crippen LogP contribution in [0.5, 0.6) is 5.75 Å². The van der Waals surface area contributed by atoms with Gasteiger partial charge in [0.1, 0.15) is 12.4 Å². The molecule has 1 aromatic heterocycles. The van der Waals surface area contributed by atoms with Gasteiger partial charge < -0.3 is 9.47 Å². The Balaban J connectivity index is 1.96. The second-order valence-electron chi connectivity index (χ2n) is 4.31. The van der Waals surface area contributed by atoms with Crippen LogP contribution in [0.2, 0.25) is 0 Å². The number of nitrogens with zero attached hydrogens (tertiary/aromatic N) is 1. The minimum absolute atomic E-state index is 0.363. The molecule has 2 rings (SSSR count). The van der Waals surface area contributed by atoms with Gasteiger partial charge in [-0.3, -0.25) is 4.98 Å². The van der Waals surface area contributed by atoms with Crippen molar-refractivity contribution in [1.82, 2.24) is 4.98 Å². The highest BCUT2D eigenvalue weighted by atomic mass is 16.5. The van der Waals surface area contributed by atoms with E-state index in [4.69, 9.17) is 9.47 Å². The highest BCUT2D eigenvalue weighted by molar-refractivity contribution is 5.87. The molecule has 108 valence electrons. The Kier molecular flexibility index (Phi) is 5.52. The zero-order valence-corrected chi connectivity index (χ0v) is 11.9. The monoisotopic (exact) mass is 283 g/mol. The Morgan fingerprint density at radius 3 is 2.81 bits per heavy atom. The molecule has 0 aliphatic heterocycles. The zero-order chi connectivity index (χ0) is 14.9. The molecule has 0 saturated carbocycles. The van der Waals surface area contributed by atoms with Crippen LogP contribution in [-0.2, 0) is 16.1 Å². The lowest BCUT2D eigenvalue weighted by molar-refractivity contribution is -0.137. The maximum absolute atomic E-state index is 11.3. The molecule has 4 heteroatoms. The number of pyridine rings is 1. The minimum Gasteiger partial charge on any atom is -0.487 e. The van der Waals surface area contributed by atoms with Gasteiger partial charge in [-0.2, -0.15) is 0 Å². The molecular formula is C17H17NO3. The van der Waals surface area contributed by atoms with Crippen LogP contribution in [0.4, 0.5) is 0 Å². The number of hydrogen-bond acceptors (Lipinski definition) is 4. The molecule has 2 aromatic rings. The molecule has 21 heavy (non-hydrogen) atoms. The number of rotatable bonds is 6. The number of carbonyl (C=O) groups excluding carboxylic acids is 1. The van der Waals surface area contributed by atoms with Crippen molar-refractivity contribution < 1.29 is 14.3 Å². The Hall–Kier alpha value is -2.62. The first kappa shape index (κ1) is 14.8. The average Bonchev–Trinajstić information content (AvgIpc) is 2.53. The highest BCUT2D eigenvalue weighted by Crippen LogP contribution is 2.14. The number of ether oxygens (including phenoxy) is 2. The number of carbonyl (C=O) groups is 1. The Labute approximate surface area is 124 Å². The fourth-order valence-electron chi connectivity index (χ4n) is 1.70. The minimum atomic E-state index is -0.367. The molecule has 1 aromatic carbocycles. The third kappa shape index (κ3) is 5.10. The summed E-state index contributed by atoms with van der Waals surface area (Å²) in [4.78, 5) is 15.3. The van der Waals surface area contributed by atoms with Crippen molar-refractivity contribution in [1.29, 1.82) is 0 Å². The van der Waals surface area contributed by atoms with Crippen molar-refractivity contribution in [3.8, 4) is 5.75 Å². The fourth-order valence-corrected chi connectivity index (χ4v) is 1.70. The quantitative estimate of drug-likeness (QED) is 0.603. The first-order valence-corrected chi connectivity index (χ1v) is 6.74. The molecule has 0 N–H and O–H groups in total. The lowest BCUT2D eigenvalue weighted by Gasteiger charge is -2.06. The molecule has 0 unspecified atom stereocenters. The van der Waals surface area contributed by atoms with Gasteiger partial charge in [0.15, 0.2) is 0 Å². The summed E-state index contributed by atoms with van der Waals surface area (Å²) in [6.07, 6.45) is 6.33. The second-order valence-corrected chi connectivity index (χ2v) is 4.31. The molecule has 0 atom stereocenters. The van der Waals surface area contributed by atoms with Crippen LogP contribution < -0.4 is 4.74 Å². The first-order valence-electron chi connectivity index (χ1n) is 6.74. The summed E-state index contributed by atoms with van der Waals surface area (Å²) >= 11 is 0. The fraction of sp³-hybridized carbons (Fsp3) is 0.176. The zero-order valence-electron chi connectivity index (χ0n) is 11.9. The van der Waals surface area contributed by atoms with Crippen LogP contribution >= 0.6 is 0 Å². The Bertz CT molecular complexity index is 608. The summed E-state index contributed by atoms with van der Waals surface area (Å²) in [5.41, 5.74) is 1.87. The number of benzene rings is 1. The molecule has 0 spiro atoms. The van der Waals surface area contributed by atoms with Crippen molar-refractivity contribution in [2.45, 2.75) is 13.5 Å². The van der Waals surface area contributed by atoms with E-state index >= 15 is 0 Å². The summed E-state index contributed by atoms with van der Waals surface area (Å²) in [5.74, 6) is 0.290. The van der Waals surface area contributed by atoms with Gasteiger partial charge in [0, 0.05) is 12.3 Å². The Morgan fingerprint density at radius 1 is 1.24 bits per heavy atom. The van der Waals surface area contributed by atoms with Crippen LogP contribution in [0.1, 0.15) is 18.1 Å². The number of aromatic nitrogens is 1. The maximum atomic E-state index is 11.3. The molecule has 4 nitrogen and oxygen atoms in total. The van der Waals surface area contributed by atoms with Gasteiger partial charge in [-0.15, -0.1) is 0 Å². The van der Waals surface area contributed by atoms with E-state index in [0.717, 1.165) is 11.1 Å². The van der Waals surface area contributed by atoms with Crippen LogP contribution in [0.3, 0.4) is 0 Å². The van der Waals surface area contributed by atoms with Gasteiger partial charge in [-0.05, 0) is 30.2 Å². The van der Waals surface area contributed by atoms with Crippen LogP contribution in [0, 0.1) is 0 Å². The average molecular weight is 283 g/mol. The molecule has 0 aliphatic rings. The third-order valence-electron chi connectivity index (χ3n) is 2.68. The lowest BCUT2D eigenvalue weighted by Crippen LogP contribution is -1.99. The summed E-state index contributed by atoms with van der Waals surface area (Å²) in [6.45, 7) is 2.61. The van der Waals surface area contributed by atoms with E-state index in [1.54, 1.807) is 25.4 Å². The SMILES string of the molecule is CCOC(=O)/C=C/c1cncc(OCc2ccccc2)c1. The van der Waals surface area contributed by atoms with Crippen molar-refractivity contribution >= 4 is 12.0 Å². The topological polar surface area (TPSA) is 48.4 Å². The summed E-state index contributed by atoms with van der Waals surface area (Å²) in [7, 11) is 0. The molecular weight excluding hydrogens is 266 g/mol. The predicted molar refractivity (Wildman–Crippen MR) is 80.7 cm³/mol. The van der Waals surface area contributed by atoms with Gasteiger partial charge in [-0.1, -0.05) is 30.3 Å². The van der Waals surface area contributed by atoms with Crippen LogP contribution in [0.25, 0.3) is 6.08 Å². The lowest BCUT2D eigenvalue weighted by atomic mass is 10.2. The van der Waals surface area contributed by atoms with E-state index in [1.807, 2.05) is 36.4 Å². The Morgan fingerprint density at radius 2 is 2.05 bits per heavy atom. The van der Waals surface area contributed by atoms with Crippen LogP contribution in [0.15, 0.2) is 54.9 Å². The first-order chi connectivity index (χ1) is 10.3. The normalized spacial score (nSPS) is 10.5. The van der Waals surface area contributed by atoms with Crippen molar-refractivity contribution in [3.63, 3.8) is 0 Å². The van der Waals surface area contributed by atoms with E-state index in [9.17, 15) is 4.79 Å². The molecule has 0 amide bonds. The molecule has 1 heterocycles. The summed E-state index contributed by atoms with van der Waals surface area (Å²) < 4.78 is 10.5. The van der Waals surface area contributed by atoms with E-state index in [1.165, 1.54) is 6.08 Å². The van der Waals surface area contributed by atoms with E-state index in [-0.39, 0.29) is 5.97 Å². The number of esters is 1. The predicted octanol–water partition coefficient (Wildman–Crippen LogP) is 3.24. The molecule has 0 aliphatic carbocycles. The van der Waals surface area contributed by atoms with E-state index in [0.29, 0.717) is 19.0 Å². The molecule has 0 saturated heterocycles. The molecule has 0 fully saturated rings. The summed E-state index contributed by atoms with van der Waals surface area (Å²) in [6, 6.07) is 11.7. The van der Waals surface area contributed by atoms with Gasteiger partial charge in [0.05, 0.1) is 12.8 Å². The van der Waals surface area contributed by atoms with Crippen molar-refractivity contribution in [2.75, 3.05) is 6.61 Å². The smallest absolute Gasteiger partial charge is 0.330 e. The maximum Gasteiger partial charge on any atom is 0.330 e. The molecule has 0 radical (unpaired) electrons. The second kappa shape index (κ2) is 7.85. The van der Waals surface area contributed by atoms with Crippen molar-refractivity contribution in [3.05, 3.63) is 66.0 Å². The number of hydrogen-bond donors (Lipinski definition) is 0. The van der Waals surface area contributed by atoms with Gasteiger partial charge >= 0.3 is 5.97 Å². The summed E-state index contributed by atoms with van der Waals surface area (Å²) in [5, 5.41) is 0. The van der Waals surface area contributed by atoms with E-state index in [2.05, 4.69) is 4.98 Å². The van der Waals surface area contributed by atoms with Gasteiger partial charge in [-0.25, -0.2) is 4.79 Å².